The Kier molecular flexibility index (Phi) is 5.14. The van der Waals surface area contributed by atoms with Gasteiger partial charge in [0.2, 0.25) is 0 Å². The Balaban J connectivity index is 2.82. The van der Waals surface area contributed by atoms with E-state index >= 15 is 0 Å². The van der Waals surface area contributed by atoms with Gasteiger partial charge in [-0.25, -0.2) is 12.8 Å². The van der Waals surface area contributed by atoms with Crippen molar-refractivity contribution in [3.63, 3.8) is 0 Å². The maximum absolute atomic E-state index is 13.5. The topological polar surface area (TPSA) is 46.2 Å². The Hall–Kier alpha value is -1.10. The van der Waals surface area contributed by atoms with Gasteiger partial charge in [-0.3, -0.25) is 0 Å². The smallest absolute Gasteiger partial charge is 0.175 e. The van der Waals surface area contributed by atoms with Gasteiger partial charge in [0.1, 0.15) is 5.82 Å². The van der Waals surface area contributed by atoms with Crippen LogP contribution < -0.4 is 5.32 Å². The molecule has 18 heavy (non-hydrogen) atoms. The summed E-state index contributed by atoms with van der Waals surface area (Å²) in [5, 5.41) is 2.97. The average molecular weight is 273 g/mol. The normalized spacial score (nSPS) is 13.3. The molecule has 3 nitrogen and oxygen atoms in total. The van der Waals surface area contributed by atoms with Gasteiger partial charge in [-0.1, -0.05) is 20.3 Å². The highest BCUT2D eigenvalue weighted by atomic mass is 32.2. The maximum Gasteiger partial charge on any atom is 0.175 e. The highest BCUT2D eigenvalue weighted by molar-refractivity contribution is 7.90. The highest BCUT2D eigenvalue weighted by Crippen LogP contribution is 2.20. The Morgan fingerprint density at radius 1 is 1.39 bits per heavy atom. The summed E-state index contributed by atoms with van der Waals surface area (Å²) in [5.41, 5.74) is 0.251. The van der Waals surface area contributed by atoms with Crippen molar-refractivity contribution in [2.24, 2.45) is 5.92 Å². The van der Waals surface area contributed by atoms with Gasteiger partial charge >= 0.3 is 0 Å². The molecule has 1 aromatic rings. The van der Waals surface area contributed by atoms with Crippen molar-refractivity contribution in [3.05, 3.63) is 24.0 Å². The van der Waals surface area contributed by atoms with Crippen molar-refractivity contribution in [1.82, 2.24) is 0 Å². The molecule has 0 amide bonds. The largest absolute Gasteiger partial charge is 0.382 e. The quantitative estimate of drug-likeness (QED) is 0.810. The molecule has 0 saturated carbocycles. The van der Waals surface area contributed by atoms with Crippen LogP contribution in [0.25, 0.3) is 0 Å². The Morgan fingerprint density at radius 2 is 2.06 bits per heavy atom. The van der Waals surface area contributed by atoms with E-state index in [0.717, 1.165) is 19.1 Å². The number of rotatable bonds is 6. The Labute approximate surface area is 108 Å². The van der Waals surface area contributed by atoms with E-state index in [-0.39, 0.29) is 10.6 Å². The molecular weight excluding hydrogens is 253 g/mol. The summed E-state index contributed by atoms with van der Waals surface area (Å²) in [5.74, 6) is 0.00221. The van der Waals surface area contributed by atoms with Gasteiger partial charge in [-0.15, -0.1) is 0 Å². The number of benzene rings is 1. The van der Waals surface area contributed by atoms with Crippen LogP contribution >= 0.6 is 0 Å². The van der Waals surface area contributed by atoms with Gasteiger partial charge in [0.25, 0.3) is 0 Å². The van der Waals surface area contributed by atoms with Crippen molar-refractivity contribution < 1.29 is 12.8 Å². The first-order chi connectivity index (χ1) is 8.34. The van der Waals surface area contributed by atoms with E-state index in [9.17, 15) is 12.8 Å². The Morgan fingerprint density at radius 3 is 2.61 bits per heavy atom. The average Bonchev–Trinajstić information content (AvgIpc) is 2.26. The molecule has 1 unspecified atom stereocenters. The van der Waals surface area contributed by atoms with Crippen molar-refractivity contribution in [2.75, 3.05) is 18.1 Å². The molecule has 1 atom stereocenters. The standard InChI is InChI=1S/C13H20FNO2S/c1-4-5-10(2)9-15-13-8-11(18(3,16)17)6-7-12(13)14/h6-8,10,15H,4-5,9H2,1-3H3. The third kappa shape index (κ3) is 4.29. The predicted molar refractivity (Wildman–Crippen MR) is 72.1 cm³/mol. The summed E-state index contributed by atoms with van der Waals surface area (Å²) in [6, 6.07) is 3.82. The number of halogens is 1. The summed E-state index contributed by atoms with van der Waals surface area (Å²) in [6.07, 6.45) is 3.25. The van der Waals surface area contributed by atoms with E-state index in [4.69, 9.17) is 0 Å². The molecule has 1 N–H and O–H groups in total. The number of sulfone groups is 1. The van der Waals surface area contributed by atoms with Crippen LogP contribution in [0.3, 0.4) is 0 Å². The predicted octanol–water partition coefficient (Wildman–Crippen LogP) is 3.08. The fraction of sp³-hybridized carbons (Fsp3) is 0.538. The van der Waals surface area contributed by atoms with Crippen LogP contribution in [0.1, 0.15) is 26.7 Å². The lowest BCUT2D eigenvalue weighted by Gasteiger charge is -2.13. The summed E-state index contributed by atoms with van der Waals surface area (Å²) >= 11 is 0. The van der Waals surface area contributed by atoms with Crippen LogP contribution in [-0.2, 0) is 9.84 Å². The first-order valence-electron chi connectivity index (χ1n) is 6.08. The highest BCUT2D eigenvalue weighted by Gasteiger charge is 2.11. The number of hydrogen-bond acceptors (Lipinski definition) is 3. The second-order valence-corrected chi connectivity index (χ2v) is 6.70. The van der Waals surface area contributed by atoms with Crippen molar-refractivity contribution in [3.8, 4) is 0 Å². The van der Waals surface area contributed by atoms with Gasteiger partial charge < -0.3 is 5.32 Å². The van der Waals surface area contributed by atoms with E-state index < -0.39 is 15.7 Å². The van der Waals surface area contributed by atoms with Crippen molar-refractivity contribution in [2.45, 2.75) is 31.6 Å². The molecule has 5 heteroatoms. The molecule has 0 aliphatic heterocycles. The molecular formula is C13H20FNO2S. The summed E-state index contributed by atoms with van der Waals surface area (Å²) < 4.78 is 36.3. The van der Waals surface area contributed by atoms with Gasteiger partial charge in [-0.2, -0.15) is 0 Å². The molecule has 102 valence electrons. The molecule has 0 saturated heterocycles. The summed E-state index contributed by atoms with van der Waals surface area (Å²) in [6.45, 7) is 4.81. The van der Waals surface area contributed by atoms with E-state index in [2.05, 4.69) is 19.2 Å². The van der Waals surface area contributed by atoms with E-state index in [1.807, 2.05) is 0 Å². The van der Waals surface area contributed by atoms with Crippen molar-refractivity contribution >= 4 is 15.5 Å². The molecule has 0 spiro atoms. The van der Waals surface area contributed by atoms with Crippen LogP contribution in [0.15, 0.2) is 23.1 Å². The molecule has 0 aliphatic carbocycles. The van der Waals surface area contributed by atoms with Crippen molar-refractivity contribution in [1.29, 1.82) is 0 Å². The molecule has 0 aromatic heterocycles. The minimum absolute atomic E-state index is 0.134. The lowest BCUT2D eigenvalue weighted by molar-refractivity contribution is 0.547. The van der Waals surface area contributed by atoms with Gasteiger partial charge in [0.15, 0.2) is 9.84 Å². The van der Waals surface area contributed by atoms with Gasteiger partial charge in [0, 0.05) is 12.8 Å². The fourth-order valence-electron chi connectivity index (χ4n) is 1.75. The molecule has 0 aliphatic rings. The lowest BCUT2D eigenvalue weighted by Crippen LogP contribution is -2.12. The van der Waals surface area contributed by atoms with E-state index in [1.54, 1.807) is 0 Å². The number of anilines is 1. The molecule has 1 rings (SSSR count). The van der Waals surface area contributed by atoms with Gasteiger partial charge in [-0.05, 0) is 30.5 Å². The molecule has 1 aromatic carbocycles. The third-order valence-corrected chi connectivity index (χ3v) is 3.90. The van der Waals surface area contributed by atoms with Crippen LogP contribution in [0.4, 0.5) is 10.1 Å². The molecule has 0 heterocycles. The fourth-order valence-corrected chi connectivity index (χ4v) is 2.40. The van der Waals surface area contributed by atoms with Crippen LogP contribution in [0, 0.1) is 11.7 Å². The first kappa shape index (κ1) is 15.0. The minimum Gasteiger partial charge on any atom is -0.382 e. The summed E-state index contributed by atoms with van der Waals surface area (Å²) in [4.78, 5) is 0.134. The minimum atomic E-state index is -3.30. The molecule has 0 radical (unpaired) electrons. The second-order valence-electron chi connectivity index (χ2n) is 4.69. The third-order valence-electron chi connectivity index (χ3n) is 2.79. The zero-order chi connectivity index (χ0) is 13.8. The monoisotopic (exact) mass is 273 g/mol. The zero-order valence-electron chi connectivity index (χ0n) is 11.0. The van der Waals surface area contributed by atoms with Gasteiger partial charge in [0.05, 0.1) is 10.6 Å². The van der Waals surface area contributed by atoms with Crippen LogP contribution in [0.5, 0.6) is 0 Å². The Bertz CT molecular complexity index is 500. The molecule has 0 fully saturated rings. The maximum atomic E-state index is 13.5. The number of nitrogens with one attached hydrogen (secondary N) is 1. The zero-order valence-corrected chi connectivity index (χ0v) is 11.8. The SMILES string of the molecule is CCCC(C)CNc1cc(S(C)(=O)=O)ccc1F. The van der Waals surface area contributed by atoms with Crippen LogP contribution in [0.2, 0.25) is 0 Å². The summed E-state index contributed by atoms with van der Waals surface area (Å²) in [7, 11) is -3.30. The molecule has 0 bridgehead atoms. The van der Waals surface area contributed by atoms with E-state index in [1.165, 1.54) is 18.2 Å². The lowest BCUT2D eigenvalue weighted by atomic mass is 10.1. The number of hydrogen-bond donors (Lipinski definition) is 1. The second kappa shape index (κ2) is 6.18. The van der Waals surface area contributed by atoms with Crippen LogP contribution in [-0.4, -0.2) is 21.2 Å². The van der Waals surface area contributed by atoms with E-state index in [0.29, 0.717) is 12.5 Å². The first-order valence-corrected chi connectivity index (χ1v) is 7.97.